The van der Waals surface area contributed by atoms with Crippen molar-refractivity contribution < 1.29 is 4.74 Å². The Kier molecular flexibility index (Phi) is 3.09. The molecule has 2 aromatic rings. The monoisotopic (exact) mass is 263 g/mol. The van der Waals surface area contributed by atoms with E-state index in [1.807, 2.05) is 36.0 Å². The van der Waals surface area contributed by atoms with Gasteiger partial charge >= 0.3 is 0 Å². The lowest BCUT2D eigenvalue weighted by atomic mass is 10.1. The van der Waals surface area contributed by atoms with Gasteiger partial charge in [-0.05, 0) is 23.6 Å². The molecule has 17 heavy (non-hydrogen) atoms. The minimum Gasteiger partial charge on any atom is -0.486 e. The molecule has 0 saturated carbocycles. The van der Waals surface area contributed by atoms with Gasteiger partial charge in [-0.1, -0.05) is 18.2 Å². The van der Waals surface area contributed by atoms with Crippen LogP contribution in [0, 0.1) is 0 Å². The molecule has 0 saturated heterocycles. The fraction of sp³-hybridized carbons (Fsp3) is 0.231. The first-order valence-corrected chi connectivity index (χ1v) is 7.38. The van der Waals surface area contributed by atoms with E-state index in [1.165, 1.54) is 9.77 Å². The van der Waals surface area contributed by atoms with Gasteiger partial charge in [-0.15, -0.1) is 23.1 Å². The molecular weight excluding hydrogens is 250 g/mol. The zero-order valence-corrected chi connectivity index (χ0v) is 10.8. The van der Waals surface area contributed by atoms with Crippen LogP contribution in [0.15, 0.2) is 46.7 Å². The number of thiophene rings is 1. The van der Waals surface area contributed by atoms with Crippen molar-refractivity contribution in [3.05, 3.63) is 46.7 Å². The Morgan fingerprint density at radius 1 is 1.24 bits per heavy atom. The summed E-state index contributed by atoms with van der Waals surface area (Å²) in [6, 6.07) is 12.2. The molecule has 1 aromatic carbocycles. The van der Waals surface area contributed by atoms with Crippen molar-refractivity contribution in [2.24, 2.45) is 5.73 Å². The van der Waals surface area contributed by atoms with Crippen LogP contribution in [-0.4, -0.2) is 11.9 Å². The number of thioether (sulfide) groups is 1. The lowest BCUT2D eigenvalue weighted by Gasteiger charge is -2.29. The van der Waals surface area contributed by atoms with E-state index in [0.29, 0.717) is 0 Å². The van der Waals surface area contributed by atoms with Crippen LogP contribution in [0.1, 0.15) is 10.9 Å². The van der Waals surface area contributed by atoms with Crippen molar-refractivity contribution in [3.63, 3.8) is 0 Å². The number of para-hydroxylation sites is 1. The van der Waals surface area contributed by atoms with Crippen LogP contribution >= 0.6 is 23.1 Å². The third-order valence-corrected chi connectivity index (χ3v) is 4.92. The Bertz CT molecular complexity index is 498. The molecular formula is C13H13NOS2. The third-order valence-electron chi connectivity index (χ3n) is 2.80. The highest BCUT2D eigenvalue weighted by molar-refractivity contribution is 7.99. The second kappa shape index (κ2) is 4.72. The zero-order valence-electron chi connectivity index (χ0n) is 9.21. The summed E-state index contributed by atoms with van der Waals surface area (Å²) in [5.74, 6) is 1.87. The largest absolute Gasteiger partial charge is 0.486 e. The molecule has 88 valence electrons. The molecule has 0 fully saturated rings. The fourth-order valence-electron chi connectivity index (χ4n) is 1.88. The van der Waals surface area contributed by atoms with E-state index in [1.54, 1.807) is 11.3 Å². The molecule has 4 heteroatoms. The molecule has 0 radical (unpaired) electrons. The van der Waals surface area contributed by atoms with Gasteiger partial charge in [0, 0.05) is 15.5 Å². The molecule has 2 heterocycles. The SMILES string of the molecule is NC(c1cccs1)C1CSc2ccccc2O1. The van der Waals surface area contributed by atoms with Gasteiger partial charge in [0.05, 0.1) is 6.04 Å². The standard InChI is InChI=1S/C13H13NOS2/c14-13(12-6-3-7-16-12)10-8-17-11-5-2-1-4-9(11)15-10/h1-7,10,13H,8,14H2. The molecule has 1 aliphatic rings. The summed E-state index contributed by atoms with van der Waals surface area (Å²) in [4.78, 5) is 2.40. The number of hydrogen-bond acceptors (Lipinski definition) is 4. The smallest absolute Gasteiger partial charge is 0.133 e. The summed E-state index contributed by atoms with van der Waals surface area (Å²) in [6.07, 6.45) is 0.0635. The van der Waals surface area contributed by atoms with Crippen molar-refractivity contribution in [1.29, 1.82) is 0 Å². The Hall–Kier alpha value is -0.970. The average Bonchev–Trinajstić information content (AvgIpc) is 2.91. The summed E-state index contributed by atoms with van der Waals surface area (Å²) in [7, 11) is 0. The molecule has 1 aliphatic heterocycles. The summed E-state index contributed by atoms with van der Waals surface area (Å²) >= 11 is 3.51. The quantitative estimate of drug-likeness (QED) is 0.903. The molecule has 0 aliphatic carbocycles. The maximum Gasteiger partial charge on any atom is 0.133 e. The predicted octanol–water partition coefficient (Wildman–Crippen LogP) is 3.30. The third kappa shape index (κ3) is 2.20. The van der Waals surface area contributed by atoms with E-state index in [2.05, 4.69) is 17.5 Å². The van der Waals surface area contributed by atoms with E-state index < -0.39 is 0 Å². The molecule has 2 N–H and O–H groups in total. The van der Waals surface area contributed by atoms with Crippen molar-refractivity contribution in [1.82, 2.24) is 0 Å². The second-order valence-electron chi connectivity index (χ2n) is 3.96. The minimum atomic E-state index is -0.0316. The van der Waals surface area contributed by atoms with Crippen LogP contribution < -0.4 is 10.5 Å². The Morgan fingerprint density at radius 3 is 2.94 bits per heavy atom. The van der Waals surface area contributed by atoms with E-state index in [4.69, 9.17) is 10.5 Å². The van der Waals surface area contributed by atoms with E-state index >= 15 is 0 Å². The molecule has 3 rings (SSSR count). The van der Waals surface area contributed by atoms with E-state index in [9.17, 15) is 0 Å². The van der Waals surface area contributed by atoms with Crippen LogP contribution in [0.25, 0.3) is 0 Å². The molecule has 1 aromatic heterocycles. The van der Waals surface area contributed by atoms with E-state index in [0.717, 1.165) is 11.5 Å². The van der Waals surface area contributed by atoms with Crippen LogP contribution in [0.2, 0.25) is 0 Å². The summed E-state index contributed by atoms with van der Waals surface area (Å²) < 4.78 is 5.98. The number of nitrogens with two attached hydrogens (primary N) is 1. The Balaban J connectivity index is 1.80. The van der Waals surface area contributed by atoms with Crippen molar-refractivity contribution in [3.8, 4) is 5.75 Å². The van der Waals surface area contributed by atoms with Gasteiger partial charge in [-0.3, -0.25) is 0 Å². The van der Waals surface area contributed by atoms with Gasteiger partial charge < -0.3 is 10.5 Å². The highest BCUT2D eigenvalue weighted by atomic mass is 32.2. The first-order valence-electron chi connectivity index (χ1n) is 5.52. The fourth-order valence-corrected chi connectivity index (χ4v) is 3.71. The Labute approximate surface area is 109 Å². The number of fused-ring (bicyclic) bond motifs is 1. The van der Waals surface area contributed by atoms with Crippen LogP contribution in [0.4, 0.5) is 0 Å². The van der Waals surface area contributed by atoms with Crippen molar-refractivity contribution in [2.75, 3.05) is 5.75 Å². The highest BCUT2D eigenvalue weighted by Gasteiger charge is 2.27. The second-order valence-corrected chi connectivity index (χ2v) is 6.00. The van der Waals surface area contributed by atoms with Crippen LogP contribution in [0.3, 0.4) is 0 Å². The molecule has 2 atom stereocenters. The number of rotatable bonds is 2. The van der Waals surface area contributed by atoms with E-state index in [-0.39, 0.29) is 12.1 Å². The maximum atomic E-state index is 6.24. The maximum absolute atomic E-state index is 6.24. The normalized spacial score (nSPS) is 20.4. The van der Waals surface area contributed by atoms with Crippen molar-refractivity contribution >= 4 is 23.1 Å². The zero-order chi connectivity index (χ0) is 11.7. The first kappa shape index (κ1) is 11.1. The number of ether oxygens (including phenoxy) is 1. The molecule has 2 unspecified atom stereocenters. The number of benzene rings is 1. The van der Waals surface area contributed by atoms with Gasteiger partial charge in [0.1, 0.15) is 11.9 Å². The lowest BCUT2D eigenvalue weighted by Crippen LogP contribution is -2.34. The summed E-state index contributed by atoms with van der Waals surface area (Å²) in [5.41, 5.74) is 6.24. The topological polar surface area (TPSA) is 35.2 Å². The number of hydrogen-bond donors (Lipinski definition) is 1. The minimum absolute atomic E-state index is 0.0316. The van der Waals surface area contributed by atoms with Crippen LogP contribution in [-0.2, 0) is 0 Å². The Morgan fingerprint density at radius 2 is 2.12 bits per heavy atom. The van der Waals surface area contributed by atoms with Crippen molar-refractivity contribution in [2.45, 2.75) is 17.0 Å². The highest BCUT2D eigenvalue weighted by Crippen LogP contribution is 2.38. The van der Waals surface area contributed by atoms with Gasteiger partial charge in [-0.25, -0.2) is 0 Å². The molecule has 0 amide bonds. The lowest BCUT2D eigenvalue weighted by molar-refractivity contribution is 0.187. The molecule has 0 spiro atoms. The summed E-state index contributed by atoms with van der Waals surface area (Å²) in [5, 5.41) is 2.05. The average molecular weight is 263 g/mol. The first-order chi connectivity index (χ1) is 8.34. The molecule has 0 bridgehead atoms. The van der Waals surface area contributed by atoms with Gasteiger partial charge in [0.25, 0.3) is 0 Å². The van der Waals surface area contributed by atoms with Crippen LogP contribution in [0.5, 0.6) is 5.75 Å². The predicted molar refractivity (Wildman–Crippen MR) is 72.8 cm³/mol. The van der Waals surface area contributed by atoms with Gasteiger partial charge in [0.15, 0.2) is 0 Å². The summed E-state index contributed by atoms with van der Waals surface area (Å²) in [6.45, 7) is 0. The van der Waals surface area contributed by atoms with Gasteiger partial charge in [-0.2, -0.15) is 0 Å². The molecule has 2 nitrogen and oxygen atoms in total. The van der Waals surface area contributed by atoms with Gasteiger partial charge in [0.2, 0.25) is 0 Å².